The Labute approximate surface area is 194 Å². The normalized spacial score (nSPS) is 11.1. The van der Waals surface area contributed by atoms with E-state index in [1.165, 1.54) is 75.3 Å². The molecule has 0 atom stereocenters. The molecule has 0 aliphatic carbocycles. The summed E-state index contributed by atoms with van der Waals surface area (Å²) in [4.78, 5) is 13.9. The van der Waals surface area contributed by atoms with Gasteiger partial charge in [0.25, 0.3) is 0 Å². The number of aromatic nitrogens is 3. The molecule has 3 rings (SSSR count). The lowest BCUT2D eigenvalue weighted by atomic mass is 10.1. The number of benzene rings is 1. The fourth-order valence-electron chi connectivity index (χ4n) is 4.03. The van der Waals surface area contributed by atoms with E-state index < -0.39 is 0 Å². The first-order chi connectivity index (χ1) is 15.8. The molecular weight excluding hydrogens is 390 g/mol. The molecule has 0 aliphatic heterocycles. The van der Waals surface area contributed by atoms with Crippen molar-refractivity contribution in [1.29, 1.82) is 0 Å². The Bertz CT molecular complexity index is 883. The highest BCUT2D eigenvalue weighted by atomic mass is 14.9. The molecule has 0 aliphatic rings. The van der Waals surface area contributed by atoms with Crippen molar-refractivity contribution in [3.05, 3.63) is 66.1 Å². The number of nitrogens with zero attached hydrogens (tertiary/aromatic N) is 3. The summed E-state index contributed by atoms with van der Waals surface area (Å²) in [6.07, 6.45) is 21.3. The van der Waals surface area contributed by atoms with Crippen LogP contribution in [-0.4, -0.2) is 15.0 Å². The van der Waals surface area contributed by atoms with Gasteiger partial charge in [-0.15, -0.1) is 0 Å². The second kappa shape index (κ2) is 13.8. The molecule has 32 heavy (non-hydrogen) atoms. The summed E-state index contributed by atoms with van der Waals surface area (Å²) in [5, 5.41) is 0. The molecule has 0 unspecified atom stereocenters. The van der Waals surface area contributed by atoms with Crippen molar-refractivity contribution in [3.8, 4) is 22.6 Å². The predicted octanol–water partition coefficient (Wildman–Crippen LogP) is 8.23. The zero-order chi connectivity index (χ0) is 22.4. The van der Waals surface area contributed by atoms with Gasteiger partial charge in [0.2, 0.25) is 0 Å². The van der Waals surface area contributed by atoms with Gasteiger partial charge in [-0.05, 0) is 42.9 Å². The number of aryl methyl sites for hydroxylation is 2. The van der Waals surface area contributed by atoms with Gasteiger partial charge in [0, 0.05) is 29.7 Å². The molecule has 0 N–H and O–H groups in total. The van der Waals surface area contributed by atoms with Crippen LogP contribution in [0.2, 0.25) is 0 Å². The molecule has 0 radical (unpaired) electrons. The average molecular weight is 430 g/mol. The molecule has 0 amide bonds. The summed E-state index contributed by atoms with van der Waals surface area (Å²) < 4.78 is 0. The number of rotatable bonds is 14. The Kier molecular flexibility index (Phi) is 10.4. The third-order valence-electron chi connectivity index (χ3n) is 6.11. The third-order valence-corrected chi connectivity index (χ3v) is 6.11. The van der Waals surface area contributed by atoms with Gasteiger partial charge < -0.3 is 0 Å². The van der Waals surface area contributed by atoms with Crippen molar-refractivity contribution >= 4 is 0 Å². The highest BCUT2D eigenvalue weighted by molar-refractivity contribution is 5.65. The number of hydrogen-bond acceptors (Lipinski definition) is 3. The van der Waals surface area contributed by atoms with Crippen molar-refractivity contribution in [1.82, 2.24) is 15.0 Å². The van der Waals surface area contributed by atoms with Gasteiger partial charge in [-0.2, -0.15) is 0 Å². The molecule has 3 nitrogen and oxygen atoms in total. The Morgan fingerprint density at radius 3 is 1.69 bits per heavy atom. The van der Waals surface area contributed by atoms with Gasteiger partial charge in [0.1, 0.15) is 0 Å². The van der Waals surface area contributed by atoms with Gasteiger partial charge in [-0.3, -0.25) is 4.98 Å². The molecule has 170 valence electrons. The molecule has 0 saturated carbocycles. The zero-order valence-electron chi connectivity index (χ0n) is 20.0. The Balaban J connectivity index is 1.49. The Morgan fingerprint density at radius 2 is 1.03 bits per heavy atom. The third kappa shape index (κ3) is 7.85. The summed E-state index contributed by atoms with van der Waals surface area (Å²) in [5.74, 6) is 0.791. The van der Waals surface area contributed by atoms with E-state index in [1.807, 2.05) is 18.6 Å². The molecule has 2 heterocycles. The van der Waals surface area contributed by atoms with Gasteiger partial charge in [0.05, 0.1) is 5.69 Å². The van der Waals surface area contributed by atoms with Crippen molar-refractivity contribution in [2.75, 3.05) is 0 Å². The topological polar surface area (TPSA) is 38.7 Å². The first-order valence-electron chi connectivity index (χ1n) is 12.7. The second-order valence-electron chi connectivity index (χ2n) is 8.87. The fourth-order valence-corrected chi connectivity index (χ4v) is 4.03. The first kappa shape index (κ1) is 24.1. The maximum Gasteiger partial charge on any atom is 0.159 e. The van der Waals surface area contributed by atoms with E-state index in [4.69, 9.17) is 0 Å². The summed E-state index contributed by atoms with van der Waals surface area (Å²) in [5.41, 5.74) is 5.75. The van der Waals surface area contributed by atoms with E-state index in [1.54, 1.807) is 0 Å². The van der Waals surface area contributed by atoms with Crippen LogP contribution in [0.1, 0.15) is 89.2 Å². The second-order valence-corrected chi connectivity index (χ2v) is 8.87. The highest BCUT2D eigenvalue weighted by Gasteiger charge is 2.05. The zero-order valence-corrected chi connectivity index (χ0v) is 20.0. The molecule has 0 fully saturated rings. The van der Waals surface area contributed by atoms with E-state index in [2.05, 4.69) is 65.2 Å². The largest absolute Gasteiger partial charge is 0.256 e. The smallest absolute Gasteiger partial charge is 0.159 e. The minimum absolute atomic E-state index is 0.791. The minimum Gasteiger partial charge on any atom is -0.256 e. The fraction of sp³-hybridized carbons (Fsp3) is 0.483. The molecule has 3 aromatic rings. The number of pyridine rings is 1. The van der Waals surface area contributed by atoms with Gasteiger partial charge >= 0.3 is 0 Å². The van der Waals surface area contributed by atoms with Crippen LogP contribution in [0.3, 0.4) is 0 Å². The lowest BCUT2D eigenvalue weighted by Crippen LogP contribution is -1.94. The lowest BCUT2D eigenvalue weighted by Gasteiger charge is -2.06. The van der Waals surface area contributed by atoms with Crippen molar-refractivity contribution in [2.24, 2.45) is 0 Å². The van der Waals surface area contributed by atoms with Crippen molar-refractivity contribution in [3.63, 3.8) is 0 Å². The molecule has 3 heteroatoms. The van der Waals surface area contributed by atoms with Crippen molar-refractivity contribution < 1.29 is 0 Å². The molecule has 2 aromatic heterocycles. The quantitative estimate of drug-likeness (QED) is 0.242. The van der Waals surface area contributed by atoms with E-state index >= 15 is 0 Å². The van der Waals surface area contributed by atoms with Crippen LogP contribution in [-0.2, 0) is 12.8 Å². The predicted molar refractivity (Wildman–Crippen MR) is 136 cm³/mol. The van der Waals surface area contributed by atoms with E-state index in [0.29, 0.717) is 0 Å². The standard InChI is InChI=1S/C29H39N3/c1-3-5-7-8-9-10-12-14-25-22-31-29(32-23-25)27-18-16-26(17-19-27)28-20-15-24(21-30-28)13-11-6-4-2/h15-23H,3-14H2,1-2H3. The van der Waals surface area contributed by atoms with Crippen LogP contribution in [0, 0.1) is 0 Å². The van der Waals surface area contributed by atoms with Crippen LogP contribution in [0.15, 0.2) is 55.0 Å². The summed E-state index contributed by atoms with van der Waals surface area (Å²) in [6.45, 7) is 4.50. The van der Waals surface area contributed by atoms with Gasteiger partial charge in [-0.1, -0.05) is 95.5 Å². The van der Waals surface area contributed by atoms with Crippen LogP contribution >= 0.6 is 0 Å². The van der Waals surface area contributed by atoms with Crippen LogP contribution < -0.4 is 0 Å². The summed E-state index contributed by atoms with van der Waals surface area (Å²) >= 11 is 0. The summed E-state index contributed by atoms with van der Waals surface area (Å²) in [7, 11) is 0. The Morgan fingerprint density at radius 1 is 0.500 bits per heavy atom. The van der Waals surface area contributed by atoms with Gasteiger partial charge in [-0.25, -0.2) is 9.97 Å². The Hall–Kier alpha value is -2.55. The minimum atomic E-state index is 0.791. The van der Waals surface area contributed by atoms with Crippen LogP contribution in [0.25, 0.3) is 22.6 Å². The molecule has 0 spiro atoms. The SMILES string of the molecule is CCCCCCCCCc1cnc(-c2ccc(-c3ccc(CCCCC)cn3)cc2)nc1. The summed E-state index contributed by atoms with van der Waals surface area (Å²) in [6, 6.07) is 12.8. The maximum atomic E-state index is 4.67. The average Bonchev–Trinajstić information content (AvgIpc) is 2.85. The number of hydrogen-bond donors (Lipinski definition) is 0. The monoisotopic (exact) mass is 429 g/mol. The molecule has 0 bridgehead atoms. The van der Waals surface area contributed by atoms with Crippen LogP contribution in [0.4, 0.5) is 0 Å². The van der Waals surface area contributed by atoms with E-state index in [9.17, 15) is 0 Å². The molecule has 0 saturated heterocycles. The maximum absolute atomic E-state index is 4.67. The van der Waals surface area contributed by atoms with Gasteiger partial charge in [0.15, 0.2) is 5.82 Å². The molecular formula is C29H39N3. The van der Waals surface area contributed by atoms with E-state index in [-0.39, 0.29) is 0 Å². The highest BCUT2D eigenvalue weighted by Crippen LogP contribution is 2.22. The van der Waals surface area contributed by atoms with Crippen molar-refractivity contribution in [2.45, 2.75) is 90.9 Å². The first-order valence-corrected chi connectivity index (χ1v) is 12.7. The number of unbranched alkanes of at least 4 members (excludes halogenated alkanes) is 8. The van der Waals surface area contributed by atoms with Crippen LogP contribution in [0.5, 0.6) is 0 Å². The molecule has 1 aromatic carbocycles. The lowest BCUT2D eigenvalue weighted by molar-refractivity contribution is 0.589. The van der Waals surface area contributed by atoms with E-state index in [0.717, 1.165) is 35.5 Å².